The molecule has 0 aliphatic carbocycles. The van der Waals surface area contributed by atoms with E-state index in [2.05, 4.69) is 20.7 Å². The SMILES string of the molecule is NNc1ccnc(C(=O)Nc2ccc3ncsc3c2)c1. The van der Waals surface area contributed by atoms with Gasteiger partial charge in [-0.15, -0.1) is 11.3 Å². The molecule has 4 N–H and O–H groups in total. The van der Waals surface area contributed by atoms with Crippen LogP contribution in [0.4, 0.5) is 11.4 Å². The smallest absolute Gasteiger partial charge is 0.274 e. The van der Waals surface area contributed by atoms with Crippen LogP contribution in [0.15, 0.2) is 42.0 Å². The molecular weight excluding hydrogens is 274 g/mol. The van der Waals surface area contributed by atoms with Gasteiger partial charge in [0.25, 0.3) is 5.91 Å². The quantitative estimate of drug-likeness (QED) is 0.507. The Morgan fingerprint density at radius 3 is 2.90 bits per heavy atom. The van der Waals surface area contributed by atoms with Crippen molar-refractivity contribution in [3.8, 4) is 0 Å². The maximum atomic E-state index is 12.1. The minimum absolute atomic E-state index is 0.286. The fourth-order valence-electron chi connectivity index (χ4n) is 1.77. The number of hydrogen-bond acceptors (Lipinski definition) is 6. The van der Waals surface area contributed by atoms with Crippen molar-refractivity contribution in [1.29, 1.82) is 0 Å². The van der Waals surface area contributed by atoms with Crippen LogP contribution >= 0.6 is 11.3 Å². The van der Waals surface area contributed by atoms with Gasteiger partial charge in [0.15, 0.2) is 0 Å². The van der Waals surface area contributed by atoms with Crippen LogP contribution in [-0.2, 0) is 0 Å². The number of thiazole rings is 1. The molecular formula is C13H11N5OS. The number of amides is 1. The van der Waals surface area contributed by atoms with Crippen molar-refractivity contribution >= 4 is 38.8 Å². The normalized spacial score (nSPS) is 10.4. The number of fused-ring (bicyclic) bond motifs is 1. The Balaban J connectivity index is 1.83. The molecule has 0 unspecified atom stereocenters. The molecule has 7 heteroatoms. The van der Waals surface area contributed by atoms with E-state index in [-0.39, 0.29) is 5.91 Å². The zero-order valence-corrected chi connectivity index (χ0v) is 11.1. The van der Waals surface area contributed by atoms with Crippen molar-refractivity contribution in [2.45, 2.75) is 0 Å². The van der Waals surface area contributed by atoms with E-state index in [1.54, 1.807) is 17.6 Å². The summed E-state index contributed by atoms with van der Waals surface area (Å²) in [6.07, 6.45) is 1.52. The Labute approximate surface area is 118 Å². The second-order valence-electron chi connectivity index (χ2n) is 4.06. The van der Waals surface area contributed by atoms with E-state index in [0.717, 1.165) is 10.2 Å². The van der Waals surface area contributed by atoms with Crippen molar-refractivity contribution in [2.75, 3.05) is 10.7 Å². The van der Waals surface area contributed by atoms with Gasteiger partial charge in [-0.1, -0.05) is 0 Å². The Morgan fingerprint density at radius 2 is 2.05 bits per heavy atom. The predicted octanol–water partition coefficient (Wildman–Crippen LogP) is 2.23. The van der Waals surface area contributed by atoms with E-state index in [0.29, 0.717) is 17.1 Å². The third-order valence-electron chi connectivity index (χ3n) is 2.75. The van der Waals surface area contributed by atoms with Gasteiger partial charge < -0.3 is 10.7 Å². The molecule has 0 saturated carbocycles. The lowest BCUT2D eigenvalue weighted by atomic mass is 10.2. The van der Waals surface area contributed by atoms with Gasteiger partial charge in [-0.25, -0.2) is 4.98 Å². The zero-order chi connectivity index (χ0) is 13.9. The van der Waals surface area contributed by atoms with E-state index in [1.807, 2.05) is 18.2 Å². The van der Waals surface area contributed by atoms with Crippen molar-refractivity contribution in [1.82, 2.24) is 9.97 Å². The number of nitrogen functional groups attached to an aromatic ring is 1. The average molecular weight is 285 g/mol. The number of hydrogen-bond donors (Lipinski definition) is 3. The second-order valence-corrected chi connectivity index (χ2v) is 4.95. The Hall–Kier alpha value is -2.51. The number of aromatic nitrogens is 2. The van der Waals surface area contributed by atoms with E-state index in [9.17, 15) is 4.79 Å². The summed E-state index contributed by atoms with van der Waals surface area (Å²) in [6, 6.07) is 8.83. The summed E-state index contributed by atoms with van der Waals surface area (Å²) >= 11 is 1.53. The molecule has 0 aliphatic heterocycles. The number of pyridine rings is 1. The summed E-state index contributed by atoms with van der Waals surface area (Å²) in [5.41, 5.74) is 6.80. The summed E-state index contributed by atoms with van der Waals surface area (Å²) in [7, 11) is 0. The number of hydrazine groups is 1. The van der Waals surface area contributed by atoms with Crippen molar-refractivity contribution < 1.29 is 4.79 Å². The van der Waals surface area contributed by atoms with E-state index >= 15 is 0 Å². The number of rotatable bonds is 3. The van der Waals surface area contributed by atoms with E-state index in [4.69, 9.17) is 5.84 Å². The van der Waals surface area contributed by atoms with Crippen LogP contribution in [0, 0.1) is 0 Å². The van der Waals surface area contributed by atoms with Gasteiger partial charge in [-0.2, -0.15) is 0 Å². The lowest BCUT2D eigenvalue weighted by Crippen LogP contribution is -2.15. The molecule has 0 atom stereocenters. The molecule has 2 heterocycles. The summed E-state index contributed by atoms with van der Waals surface area (Å²) in [4.78, 5) is 20.3. The van der Waals surface area contributed by atoms with Gasteiger partial charge in [0.05, 0.1) is 21.4 Å². The number of nitrogens with one attached hydrogen (secondary N) is 2. The van der Waals surface area contributed by atoms with Crippen LogP contribution in [0.3, 0.4) is 0 Å². The molecule has 3 rings (SSSR count). The first-order valence-corrected chi connectivity index (χ1v) is 6.71. The Morgan fingerprint density at radius 1 is 1.15 bits per heavy atom. The Kier molecular flexibility index (Phi) is 3.28. The minimum atomic E-state index is -0.286. The molecule has 2 aromatic heterocycles. The lowest BCUT2D eigenvalue weighted by Gasteiger charge is -2.06. The van der Waals surface area contributed by atoms with Crippen molar-refractivity contribution in [3.63, 3.8) is 0 Å². The first-order chi connectivity index (χ1) is 9.76. The van der Waals surface area contributed by atoms with Gasteiger partial charge in [0.2, 0.25) is 0 Å². The number of carbonyl (C=O) groups is 1. The first kappa shape index (κ1) is 12.5. The number of nitrogens with two attached hydrogens (primary N) is 1. The number of carbonyl (C=O) groups excluding carboxylic acids is 1. The summed E-state index contributed by atoms with van der Waals surface area (Å²) in [5.74, 6) is 5.02. The van der Waals surface area contributed by atoms with Crippen LogP contribution in [0.1, 0.15) is 10.5 Å². The molecule has 0 bridgehead atoms. The highest BCUT2D eigenvalue weighted by atomic mass is 32.1. The van der Waals surface area contributed by atoms with Gasteiger partial charge in [-0.3, -0.25) is 15.6 Å². The summed E-state index contributed by atoms with van der Waals surface area (Å²) in [6.45, 7) is 0. The second kappa shape index (κ2) is 5.24. The van der Waals surface area contributed by atoms with Crippen LogP contribution in [-0.4, -0.2) is 15.9 Å². The third kappa shape index (κ3) is 2.44. The highest BCUT2D eigenvalue weighted by molar-refractivity contribution is 7.16. The molecule has 100 valence electrons. The average Bonchev–Trinajstić information content (AvgIpc) is 2.95. The highest BCUT2D eigenvalue weighted by Gasteiger charge is 2.09. The van der Waals surface area contributed by atoms with E-state index < -0.39 is 0 Å². The summed E-state index contributed by atoms with van der Waals surface area (Å²) < 4.78 is 1.02. The van der Waals surface area contributed by atoms with Crippen LogP contribution in [0.2, 0.25) is 0 Å². The number of benzene rings is 1. The molecule has 6 nitrogen and oxygen atoms in total. The van der Waals surface area contributed by atoms with Crippen LogP contribution in [0.5, 0.6) is 0 Å². The first-order valence-electron chi connectivity index (χ1n) is 5.83. The zero-order valence-electron chi connectivity index (χ0n) is 10.3. The van der Waals surface area contributed by atoms with Crippen molar-refractivity contribution in [3.05, 3.63) is 47.7 Å². The standard InChI is InChI=1S/C13H11N5OS/c14-18-9-3-4-15-11(5-9)13(19)17-8-1-2-10-12(6-8)20-7-16-10/h1-7H,14H2,(H,15,18)(H,17,19). The fraction of sp³-hybridized carbons (Fsp3) is 0. The molecule has 1 amide bonds. The molecule has 0 saturated heterocycles. The molecule has 0 radical (unpaired) electrons. The highest BCUT2D eigenvalue weighted by Crippen LogP contribution is 2.22. The topological polar surface area (TPSA) is 92.9 Å². The monoisotopic (exact) mass is 285 g/mol. The van der Waals surface area contributed by atoms with Crippen molar-refractivity contribution in [2.24, 2.45) is 5.84 Å². The lowest BCUT2D eigenvalue weighted by molar-refractivity contribution is 0.102. The number of nitrogens with zero attached hydrogens (tertiary/aromatic N) is 2. The molecule has 1 aromatic carbocycles. The minimum Gasteiger partial charge on any atom is -0.324 e. The fourth-order valence-corrected chi connectivity index (χ4v) is 2.49. The number of anilines is 2. The molecule has 0 spiro atoms. The largest absolute Gasteiger partial charge is 0.324 e. The van der Waals surface area contributed by atoms with Gasteiger partial charge >= 0.3 is 0 Å². The van der Waals surface area contributed by atoms with E-state index in [1.165, 1.54) is 17.5 Å². The molecule has 3 aromatic rings. The summed E-state index contributed by atoms with van der Waals surface area (Å²) in [5, 5.41) is 2.80. The maximum absolute atomic E-state index is 12.1. The molecule has 0 fully saturated rings. The molecule has 20 heavy (non-hydrogen) atoms. The molecule has 0 aliphatic rings. The third-order valence-corrected chi connectivity index (χ3v) is 3.54. The maximum Gasteiger partial charge on any atom is 0.274 e. The van der Waals surface area contributed by atoms with Crippen LogP contribution < -0.4 is 16.6 Å². The predicted molar refractivity (Wildman–Crippen MR) is 79.6 cm³/mol. The Bertz CT molecular complexity index is 770. The van der Waals surface area contributed by atoms with Gasteiger partial charge in [-0.05, 0) is 30.3 Å². The van der Waals surface area contributed by atoms with Gasteiger partial charge in [0.1, 0.15) is 5.69 Å². The van der Waals surface area contributed by atoms with Gasteiger partial charge in [0, 0.05) is 11.9 Å². The van der Waals surface area contributed by atoms with Crippen LogP contribution in [0.25, 0.3) is 10.2 Å².